The highest BCUT2D eigenvalue weighted by molar-refractivity contribution is 6.11. The van der Waals surface area contributed by atoms with Crippen LogP contribution in [0.4, 0.5) is 0 Å². The zero-order valence-electron chi connectivity index (χ0n) is 8.80. The molecule has 0 saturated carbocycles. The Kier molecular flexibility index (Phi) is 2.81. The second kappa shape index (κ2) is 4.26. The number of pyridine rings is 1. The molecule has 4 heteroatoms. The van der Waals surface area contributed by atoms with Crippen molar-refractivity contribution in [3.63, 3.8) is 0 Å². The van der Waals surface area contributed by atoms with E-state index in [4.69, 9.17) is 0 Å². The minimum Gasteiger partial charge on any atom is -0.319 e. The summed E-state index contributed by atoms with van der Waals surface area (Å²) in [4.78, 5) is 29.1. The smallest absolute Gasteiger partial charge is 0.237 e. The fourth-order valence-corrected chi connectivity index (χ4v) is 1.84. The molecule has 2 heterocycles. The molecule has 82 valence electrons. The number of amides is 1. The minimum absolute atomic E-state index is 0.128. The molecule has 1 aromatic rings. The fraction of sp³-hybridized carbons (Fsp3) is 0.250. The van der Waals surface area contributed by atoms with Gasteiger partial charge in [-0.1, -0.05) is 6.58 Å². The lowest BCUT2D eigenvalue weighted by Gasteiger charge is -2.09. The average Bonchev–Trinajstić information content (AvgIpc) is 2.70. The summed E-state index contributed by atoms with van der Waals surface area (Å²) in [5.74, 6) is -0.839. The topological polar surface area (TPSA) is 50.3 Å². The maximum Gasteiger partial charge on any atom is 0.237 e. The summed E-state index contributed by atoms with van der Waals surface area (Å²) in [5.41, 5.74) is 0.541. The SMILES string of the molecule is C=CN1CCC(C(=O)c2ccncc2)C1=O. The second-order valence-electron chi connectivity index (χ2n) is 3.66. The normalized spacial score (nSPS) is 19.9. The Bertz CT molecular complexity index is 428. The summed E-state index contributed by atoms with van der Waals surface area (Å²) in [6.07, 6.45) is 5.14. The standard InChI is InChI=1S/C12H12N2O2/c1-2-14-8-5-10(12(14)16)11(15)9-3-6-13-7-4-9/h2-4,6-7,10H,1,5,8H2. The molecule has 0 bridgehead atoms. The van der Waals surface area contributed by atoms with Crippen LogP contribution in [0.5, 0.6) is 0 Å². The summed E-state index contributed by atoms with van der Waals surface area (Å²) in [6, 6.07) is 3.26. The third kappa shape index (κ3) is 1.74. The lowest BCUT2D eigenvalue weighted by molar-refractivity contribution is -0.127. The fourth-order valence-electron chi connectivity index (χ4n) is 1.84. The molecule has 1 aliphatic heterocycles. The average molecular weight is 216 g/mol. The summed E-state index contributed by atoms with van der Waals surface area (Å²) >= 11 is 0. The minimum atomic E-state index is -0.555. The zero-order valence-corrected chi connectivity index (χ0v) is 8.80. The third-order valence-electron chi connectivity index (χ3n) is 2.74. The van der Waals surface area contributed by atoms with Crippen LogP contribution in [-0.4, -0.2) is 28.1 Å². The number of rotatable bonds is 3. The summed E-state index contributed by atoms with van der Waals surface area (Å²) in [5, 5.41) is 0. The van der Waals surface area contributed by atoms with E-state index in [9.17, 15) is 9.59 Å². The number of ketones is 1. The van der Waals surface area contributed by atoms with Gasteiger partial charge in [0.05, 0.1) is 0 Å². The molecular weight excluding hydrogens is 204 g/mol. The van der Waals surface area contributed by atoms with Crippen molar-refractivity contribution in [1.82, 2.24) is 9.88 Å². The molecule has 0 spiro atoms. The Hall–Kier alpha value is -1.97. The van der Waals surface area contributed by atoms with Crippen LogP contribution in [0.3, 0.4) is 0 Å². The molecular formula is C12H12N2O2. The number of hydrogen-bond acceptors (Lipinski definition) is 3. The van der Waals surface area contributed by atoms with Crippen LogP contribution in [0.1, 0.15) is 16.8 Å². The predicted molar refractivity (Wildman–Crippen MR) is 58.6 cm³/mol. The van der Waals surface area contributed by atoms with Crippen molar-refractivity contribution >= 4 is 11.7 Å². The van der Waals surface area contributed by atoms with E-state index in [-0.39, 0.29) is 11.7 Å². The monoisotopic (exact) mass is 216 g/mol. The van der Waals surface area contributed by atoms with Crippen molar-refractivity contribution in [3.05, 3.63) is 42.9 Å². The van der Waals surface area contributed by atoms with Gasteiger partial charge >= 0.3 is 0 Å². The molecule has 1 aromatic heterocycles. The van der Waals surface area contributed by atoms with Crippen molar-refractivity contribution in [2.75, 3.05) is 6.54 Å². The number of likely N-dealkylation sites (tertiary alicyclic amines) is 1. The van der Waals surface area contributed by atoms with Crippen LogP contribution < -0.4 is 0 Å². The van der Waals surface area contributed by atoms with E-state index < -0.39 is 5.92 Å². The van der Waals surface area contributed by atoms with Gasteiger partial charge in [0.2, 0.25) is 5.91 Å². The highest BCUT2D eigenvalue weighted by Crippen LogP contribution is 2.22. The molecule has 0 aliphatic carbocycles. The van der Waals surface area contributed by atoms with Crippen molar-refractivity contribution in [2.24, 2.45) is 5.92 Å². The highest BCUT2D eigenvalue weighted by Gasteiger charge is 2.35. The molecule has 0 radical (unpaired) electrons. The Morgan fingerprint density at radius 1 is 1.50 bits per heavy atom. The summed E-state index contributed by atoms with van der Waals surface area (Å²) in [7, 11) is 0. The van der Waals surface area contributed by atoms with E-state index in [2.05, 4.69) is 11.6 Å². The lowest BCUT2D eigenvalue weighted by Crippen LogP contribution is -2.26. The van der Waals surface area contributed by atoms with Gasteiger partial charge in [-0.25, -0.2) is 0 Å². The van der Waals surface area contributed by atoms with Crippen LogP contribution in [0.15, 0.2) is 37.3 Å². The maximum atomic E-state index is 12.0. The summed E-state index contributed by atoms with van der Waals surface area (Å²) in [6.45, 7) is 4.12. The Morgan fingerprint density at radius 2 is 2.19 bits per heavy atom. The van der Waals surface area contributed by atoms with Crippen LogP contribution in [0, 0.1) is 5.92 Å². The van der Waals surface area contributed by atoms with E-state index in [0.717, 1.165) is 0 Å². The number of aromatic nitrogens is 1. The van der Waals surface area contributed by atoms with Gasteiger partial charge in [0.15, 0.2) is 5.78 Å². The van der Waals surface area contributed by atoms with Crippen LogP contribution in [-0.2, 0) is 4.79 Å². The maximum absolute atomic E-state index is 12.0. The molecule has 0 aromatic carbocycles. The molecule has 1 unspecified atom stereocenters. The number of carbonyl (C=O) groups excluding carboxylic acids is 2. The molecule has 4 nitrogen and oxygen atoms in total. The van der Waals surface area contributed by atoms with Crippen molar-refractivity contribution in [1.29, 1.82) is 0 Å². The van der Waals surface area contributed by atoms with Gasteiger partial charge < -0.3 is 4.90 Å². The number of Topliss-reactive ketones (excluding diaryl/α,β-unsaturated/α-hetero) is 1. The number of hydrogen-bond donors (Lipinski definition) is 0. The van der Waals surface area contributed by atoms with Gasteiger partial charge in [-0.05, 0) is 24.8 Å². The quantitative estimate of drug-likeness (QED) is 0.564. The van der Waals surface area contributed by atoms with Gasteiger partial charge in [0.1, 0.15) is 5.92 Å². The second-order valence-corrected chi connectivity index (χ2v) is 3.66. The molecule has 2 rings (SSSR count). The highest BCUT2D eigenvalue weighted by atomic mass is 16.2. The van der Waals surface area contributed by atoms with Crippen molar-refractivity contribution in [2.45, 2.75) is 6.42 Å². The van der Waals surface area contributed by atoms with E-state index >= 15 is 0 Å². The largest absolute Gasteiger partial charge is 0.319 e. The number of carbonyl (C=O) groups is 2. The van der Waals surface area contributed by atoms with Crippen LogP contribution in [0.2, 0.25) is 0 Å². The molecule has 0 N–H and O–H groups in total. The molecule has 1 saturated heterocycles. The van der Waals surface area contributed by atoms with Gasteiger partial charge in [-0.15, -0.1) is 0 Å². The Morgan fingerprint density at radius 3 is 2.75 bits per heavy atom. The molecule has 1 fully saturated rings. The van der Waals surface area contributed by atoms with E-state index in [1.807, 2.05) is 0 Å². The Balaban J connectivity index is 2.19. The van der Waals surface area contributed by atoms with Crippen LogP contribution in [0.25, 0.3) is 0 Å². The van der Waals surface area contributed by atoms with Gasteiger partial charge in [0.25, 0.3) is 0 Å². The Labute approximate surface area is 93.6 Å². The number of nitrogens with zero attached hydrogens (tertiary/aromatic N) is 2. The first-order valence-electron chi connectivity index (χ1n) is 5.11. The molecule has 1 aliphatic rings. The van der Waals surface area contributed by atoms with Crippen molar-refractivity contribution < 1.29 is 9.59 Å². The van der Waals surface area contributed by atoms with Crippen molar-refractivity contribution in [3.8, 4) is 0 Å². The van der Waals surface area contributed by atoms with Gasteiger partial charge in [-0.2, -0.15) is 0 Å². The summed E-state index contributed by atoms with van der Waals surface area (Å²) < 4.78 is 0. The van der Waals surface area contributed by atoms with E-state index in [1.54, 1.807) is 24.5 Å². The predicted octanol–water partition coefficient (Wildman–Crippen LogP) is 1.26. The molecule has 1 atom stereocenters. The molecule has 1 amide bonds. The van der Waals surface area contributed by atoms with Crippen LogP contribution >= 0.6 is 0 Å². The first-order valence-corrected chi connectivity index (χ1v) is 5.11. The third-order valence-corrected chi connectivity index (χ3v) is 2.74. The van der Waals surface area contributed by atoms with Gasteiger partial charge in [0, 0.05) is 24.5 Å². The first kappa shape index (κ1) is 10.5. The first-order chi connectivity index (χ1) is 7.74. The molecule has 16 heavy (non-hydrogen) atoms. The van der Waals surface area contributed by atoms with Gasteiger partial charge in [-0.3, -0.25) is 14.6 Å². The zero-order chi connectivity index (χ0) is 11.5. The van der Waals surface area contributed by atoms with E-state index in [0.29, 0.717) is 18.5 Å². The lowest BCUT2D eigenvalue weighted by atomic mass is 9.97. The van der Waals surface area contributed by atoms with E-state index in [1.165, 1.54) is 11.1 Å².